The van der Waals surface area contributed by atoms with Gasteiger partial charge in [-0.15, -0.1) is 11.8 Å². The van der Waals surface area contributed by atoms with Gasteiger partial charge in [-0.3, -0.25) is 0 Å². The summed E-state index contributed by atoms with van der Waals surface area (Å²) in [5.41, 5.74) is 2.53. The van der Waals surface area contributed by atoms with E-state index in [1.165, 1.54) is 4.90 Å². The molecular formula is C14H18N4OS. The summed E-state index contributed by atoms with van der Waals surface area (Å²) in [4.78, 5) is 9.86. The Morgan fingerprint density at radius 1 is 1.20 bits per heavy atom. The standard InChI is InChI=1S/C14H18N4OS/c1-9(2)14-16-12(18-15)8-13(17-14)19-10-4-6-11(20-3)7-5-10/h4-9H,15H2,1-3H3,(H,16,17,18). The minimum Gasteiger partial charge on any atom is -0.439 e. The van der Waals surface area contributed by atoms with E-state index in [1.807, 2.05) is 44.4 Å². The molecule has 0 aliphatic rings. The number of hydrogen-bond acceptors (Lipinski definition) is 6. The van der Waals surface area contributed by atoms with Crippen LogP contribution in [0, 0.1) is 0 Å². The quantitative estimate of drug-likeness (QED) is 0.499. The van der Waals surface area contributed by atoms with E-state index >= 15 is 0 Å². The molecular weight excluding hydrogens is 272 g/mol. The molecule has 0 unspecified atom stereocenters. The highest BCUT2D eigenvalue weighted by atomic mass is 32.2. The smallest absolute Gasteiger partial charge is 0.224 e. The monoisotopic (exact) mass is 290 g/mol. The van der Waals surface area contributed by atoms with Gasteiger partial charge in [-0.25, -0.2) is 10.8 Å². The molecule has 0 saturated heterocycles. The SMILES string of the molecule is CSc1ccc(Oc2cc(NN)nc(C(C)C)n2)cc1. The Balaban J connectivity index is 2.24. The Labute approximate surface area is 122 Å². The molecule has 0 radical (unpaired) electrons. The first kappa shape index (κ1) is 14.6. The van der Waals surface area contributed by atoms with Gasteiger partial charge in [0, 0.05) is 16.9 Å². The van der Waals surface area contributed by atoms with Crippen molar-refractivity contribution in [3.05, 3.63) is 36.2 Å². The second kappa shape index (κ2) is 6.58. The van der Waals surface area contributed by atoms with E-state index in [0.29, 0.717) is 17.5 Å². The topological polar surface area (TPSA) is 73.1 Å². The Bertz CT molecular complexity index is 572. The maximum absolute atomic E-state index is 5.76. The summed E-state index contributed by atoms with van der Waals surface area (Å²) in [7, 11) is 0. The van der Waals surface area contributed by atoms with Crippen LogP contribution < -0.4 is 16.0 Å². The molecule has 0 bridgehead atoms. The van der Waals surface area contributed by atoms with Crippen molar-refractivity contribution < 1.29 is 4.74 Å². The summed E-state index contributed by atoms with van der Waals surface area (Å²) in [5, 5.41) is 0. The van der Waals surface area contributed by atoms with Gasteiger partial charge in [-0.1, -0.05) is 13.8 Å². The van der Waals surface area contributed by atoms with Gasteiger partial charge in [0.1, 0.15) is 17.4 Å². The molecule has 20 heavy (non-hydrogen) atoms. The highest BCUT2D eigenvalue weighted by Crippen LogP contribution is 2.25. The first-order valence-electron chi connectivity index (χ1n) is 6.30. The third-order valence-corrected chi connectivity index (χ3v) is 3.41. The molecule has 0 aliphatic carbocycles. The third-order valence-electron chi connectivity index (χ3n) is 2.67. The summed E-state index contributed by atoms with van der Waals surface area (Å²) in [5.74, 6) is 8.07. The van der Waals surface area contributed by atoms with Crippen LogP contribution in [0.3, 0.4) is 0 Å². The largest absolute Gasteiger partial charge is 0.439 e. The number of thioether (sulfide) groups is 1. The Morgan fingerprint density at radius 2 is 1.90 bits per heavy atom. The number of benzene rings is 1. The van der Waals surface area contributed by atoms with E-state index in [1.54, 1.807) is 17.8 Å². The molecule has 0 aliphatic heterocycles. The molecule has 0 spiro atoms. The maximum atomic E-state index is 5.76. The van der Waals surface area contributed by atoms with E-state index < -0.39 is 0 Å². The van der Waals surface area contributed by atoms with Gasteiger partial charge >= 0.3 is 0 Å². The van der Waals surface area contributed by atoms with Crippen LogP contribution in [0.25, 0.3) is 0 Å². The van der Waals surface area contributed by atoms with Gasteiger partial charge in [-0.2, -0.15) is 4.98 Å². The van der Waals surface area contributed by atoms with Gasteiger partial charge < -0.3 is 10.2 Å². The fraction of sp³-hybridized carbons (Fsp3) is 0.286. The summed E-state index contributed by atoms with van der Waals surface area (Å²) >= 11 is 1.69. The van der Waals surface area contributed by atoms with Crippen molar-refractivity contribution in [3.63, 3.8) is 0 Å². The van der Waals surface area contributed by atoms with Crippen LogP contribution >= 0.6 is 11.8 Å². The molecule has 2 aromatic rings. The zero-order valence-electron chi connectivity index (χ0n) is 11.8. The summed E-state index contributed by atoms with van der Waals surface area (Å²) < 4.78 is 5.76. The number of hydrazine groups is 1. The molecule has 1 aromatic carbocycles. The molecule has 5 nitrogen and oxygen atoms in total. The fourth-order valence-electron chi connectivity index (χ4n) is 1.59. The average molecular weight is 290 g/mol. The van der Waals surface area contributed by atoms with Crippen molar-refractivity contribution in [3.8, 4) is 11.6 Å². The minimum atomic E-state index is 0.199. The van der Waals surface area contributed by atoms with Crippen molar-refractivity contribution in [2.45, 2.75) is 24.7 Å². The van der Waals surface area contributed by atoms with Gasteiger partial charge in [0.25, 0.3) is 0 Å². The van der Waals surface area contributed by atoms with Gasteiger partial charge in [0.05, 0.1) is 0 Å². The lowest BCUT2D eigenvalue weighted by atomic mass is 10.2. The molecule has 0 fully saturated rings. The highest BCUT2D eigenvalue weighted by molar-refractivity contribution is 7.98. The number of nitrogen functional groups attached to an aromatic ring is 1. The lowest BCUT2D eigenvalue weighted by Gasteiger charge is -2.10. The molecule has 106 valence electrons. The fourth-order valence-corrected chi connectivity index (χ4v) is 2.00. The third kappa shape index (κ3) is 3.61. The molecule has 1 heterocycles. The Kier molecular flexibility index (Phi) is 4.81. The summed E-state index contributed by atoms with van der Waals surface area (Å²) in [6, 6.07) is 9.52. The van der Waals surface area contributed by atoms with E-state index in [-0.39, 0.29) is 5.92 Å². The molecule has 2 rings (SSSR count). The van der Waals surface area contributed by atoms with Crippen LogP contribution in [-0.4, -0.2) is 16.2 Å². The van der Waals surface area contributed by atoms with Gasteiger partial charge in [0.15, 0.2) is 0 Å². The van der Waals surface area contributed by atoms with Crippen molar-refractivity contribution in [2.24, 2.45) is 5.84 Å². The first-order valence-corrected chi connectivity index (χ1v) is 7.52. The van der Waals surface area contributed by atoms with Crippen LogP contribution in [0.5, 0.6) is 11.6 Å². The number of rotatable bonds is 5. The number of nitrogens with zero attached hydrogens (tertiary/aromatic N) is 2. The average Bonchev–Trinajstić information content (AvgIpc) is 2.47. The maximum Gasteiger partial charge on any atom is 0.224 e. The lowest BCUT2D eigenvalue weighted by molar-refractivity contribution is 0.457. The normalized spacial score (nSPS) is 10.7. The zero-order chi connectivity index (χ0) is 14.5. The number of hydrogen-bond donors (Lipinski definition) is 2. The van der Waals surface area contributed by atoms with Crippen LogP contribution in [0.1, 0.15) is 25.6 Å². The van der Waals surface area contributed by atoms with E-state index in [9.17, 15) is 0 Å². The lowest BCUT2D eigenvalue weighted by Crippen LogP contribution is -2.11. The Morgan fingerprint density at radius 3 is 2.45 bits per heavy atom. The van der Waals surface area contributed by atoms with Crippen LogP contribution in [0.4, 0.5) is 5.82 Å². The number of aromatic nitrogens is 2. The molecule has 0 amide bonds. The zero-order valence-corrected chi connectivity index (χ0v) is 12.6. The van der Waals surface area contributed by atoms with E-state index in [2.05, 4.69) is 15.4 Å². The molecule has 1 aromatic heterocycles. The summed E-state index contributed by atoms with van der Waals surface area (Å²) in [6.07, 6.45) is 2.04. The predicted octanol–water partition coefficient (Wildman–Crippen LogP) is 3.40. The van der Waals surface area contributed by atoms with Crippen LogP contribution in [0.2, 0.25) is 0 Å². The second-order valence-electron chi connectivity index (χ2n) is 4.53. The van der Waals surface area contributed by atoms with Crippen molar-refractivity contribution in [2.75, 3.05) is 11.7 Å². The number of nitrogens with one attached hydrogen (secondary N) is 1. The molecule has 0 saturated carbocycles. The van der Waals surface area contributed by atoms with Gasteiger partial charge in [0.2, 0.25) is 5.88 Å². The second-order valence-corrected chi connectivity index (χ2v) is 5.41. The van der Waals surface area contributed by atoms with Crippen molar-refractivity contribution in [1.82, 2.24) is 9.97 Å². The number of ether oxygens (including phenoxy) is 1. The van der Waals surface area contributed by atoms with Crippen molar-refractivity contribution >= 4 is 17.6 Å². The molecule has 3 N–H and O–H groups in total. The van der Waals surface area contributed by atoms with E-state index in [0.717, 1.165) is 5.75 Å². The predicted molar refractivity (Wildman–Crippen MR) is 82.2 cm³/mol. The summed E-state index contributed by atoms with van der Waals surface area (Å²) in [6.45, 7) is 4.04. The first-order chi connectivity index (χ1) is 9.62. The van der Waals surface area contributed by atoms with Crippen LogP contribution in [-0.2, 0) is 0 Å². The van der Waals surface area contributed by atoms with Gasteiger partial charge in [-0.05, 0) is 30.5 Å². The number of anilines is 1. The van der Waals surface area contributed by atoms with Crippen LogP contribution in [0.15, 0.2) is 35.2 Å². The minimum absolute atomic E-state index is 0.199. The van der Waals surface area contributed by atoms with Crippen molar-refractivity contribution in [1.29, 1.82) is 0 Å². The molecule has 0 atom stereocenters. The number of nitrogens with two attached hydrogens (primary N) is 1. The molecule has 6 heteroatoms. The Hall–Kier alpha value is -1.79. The van der Waals surface area contributed by atoms with E-state index in [4.69, 9.17) is 10.6 Å². The highest BCUT2D eigenvalue weighted by Gasteiger charge is 2.09.